The number of allylic oxidation sites excluding steroid dienone is 3. The lowest BCUT2D eigenvalue weighted by atomic mass is 10.0. The van der Waals surface area contributed by atoms with Crippen LogP contribution in [0.25, 0.3) is 0 Å². The first-order valence-corrected chi connectivity index (χ1v) is 3.75. The Balaban J connectivity index is 2.59. The topological polar surface area (TPSA) is 64.7 Å². The molecule has 1 aliphatic carbocycles. The van der Waals surface area contributed by atoms with E-state index >= 15 is 0 Å². The highest BCUT2D eigenvalue weighted by atomic mass is 16.7. The first-order chi connectivity index (χ1) is 5.77. The van der Waals surface area contributed by atoms with Crippen molar-refractivity contribution in [1.29, 1.82) is 0 Å². The second-order valence-electron chi connectivity index (χ2n) is 2.57. The highest BCUT2D eigenvalue weighted by Crippen LogP contribution is 2.20. The first kappa shape index (κ1) is 9.25. The van der Waals surface area contributed by atoms with Crippen LogP contribution in [0.2, 0.25) is 0 Å². The zero-order chi connectivity index (χ0) is 8.97. The van der Waals surface area contributed by atoms with Gasteiger partial charge in [0, 0.05) is 6.42 Å². The van der Waals surface area contributed by atoms with Crippen molar-refractivity contribution in [2.24, 2.45) is 5.90 Å². The molecule has 0 aromatic rings. The Bertz CT molecular complexity index is 210. The molecule has 0 radical (unpaired) electrons. The second-order valence-corrected chi connectivity index (χ2v) is 2.57. The number of methoxy groups -OCH3 is 1. The molecule has 0 aromatic heterocycles. The molecule has 12 heavy (non-hydrogen) atoms. The van der Waals surface area contributed by atoms with Gasteiger partial charge in [0.05, 0.1) is 12.9 Å². The van der Waals surface area contributed by atoms with Crippen molar-refractivity contribution >= 4 is 0 Å². The van der Waals surface area contributed by atoms with E-state index < -0.39 is 6.29 Å². The van der Waals surface area contributed by atoms with Crippen LogP contribution >= 0.6 is 0 Å². The van der Waals surface area contributed by atoms with Gasteiger partial charge in [-0.25, -0.2) is 5.90 Å². The average Bonchev–Trinajstić information content (AvgIpc) is 2.17. The molecule has 0 saturated heterocycles. The van der Waals surface area contributed by atoms with E-state index in [1.54, 1.807) is 19.3 Å². The Kier molecular flexibility index (Phi) is 3.28. The highest BCUT2D eigenvalue weighted by Gasteiger charge is 2.13. The van der Waals surface area contributed by atoms with Gasteiger partial charge in [0.15, 0.2) is 6.29 Å². The Hall–Kier alpha value is -0.840. The predicted molar refractivity (Wildman–Crippen MR) is 43.7 cm³/mol. The molecule has 1 unspecified atom stereocenters. The summed E-state index contributed by atoms with van der Waals surface area (Å²) in [5.74, 6) is 5.73. The number of ether oxygens (including phenoxy) is 1. The molecule has 4 heteroatoms. The summed E-state index contributed by atoms with van der Waals surface area (Å²) in [6, 6.07) is 0. The normalized spacial score (nSPS) is 19.6. The monoisotopic (exact) mass is 171 g/mol. The van der Waals surface area contributed by atoms with Crippen molar-refractivity contribution < 1.29 is 14.7 Å². The summed E-state index contributed by atoms with van der Waals surface area (Å²) >= 11 is 0. The minimum absolute atomic E-state index is 0.720. The summed E-state index contributed by atoms with van der Waals surface area (Å²) in [7, 11) is 1.63. The lowest BCUT2D eigenvalue weighted by Gasteiger charge is -2.16. The van der Waals surface area contributed by atoms with Crippen LogP contribution in [0.1, 0.15) is 12.8 Å². The summed E-state index contributed by atoms with van der Waals surface area (Å²) in [6.07, 6.45) is 4.08. The number of hydrogen-bond acceptors (Lipinski definition) is 4. The molecule has 0 aromatic carbocycles. The number of rotatable bonds is 3. The van der Waals surface area contributed by atoms with Gasteiger partial charge in [-0.05, 0) is 18.1 Å². The molecule has 0 heterocycles. The van der Waals surface area contributed by atoms with Gasteiger partial charge in [0.25, 0.3) is 0 Å². The van der Waals surface area contributed by atoms with Crippen LogP contribution in [0.4, 0.5) is 0 Å². The van der Waals surface area contributed by atoms with Crippen LogP contribution in [-0.2, 0) is 9.57 Å². The Labute approximate surface area is 71.2 Å². The van der Waals surface area contributed by atoms with Crippen molar-refractivity contribution in [2.45, 2.75) is 19.1 Å². The number of aliphatic hydroxyl groups excluding tert-OH is 1. The van der Waals surface area contributed by atoms with Crippen molar-refractivity contribution in [3.8, 4) is 0 Å². The number of nitrogens with two attached hydrogens (primary N) is 1. The van der Waals surface area contributed by atoms with Crippen LogP contribution in [0.15, 0.2) is 23.5 Å². The molecule has 1 atom stereocenters. The summed E-state index contributed by atoms with van der Waals surface area (Å²) < 4.78 is 5.02. The number of aliphatic hydroxyl groups is 1. The van der Waals surface area contributed by atoms with Gasteiger partial charge >= 0.3 is 0 Å². The molecule has 0 bridgehead atoms. The van der Waals surface area contributed by atoms with E-state index in [1.807, 2.05) is 0 Å². The molecule has 68 valence electrons. The van der Waals surface area contributed by atoms with E-state index in [9.17, 15) is 0 Å². The predicted octanol–water partition coefficient (Wildman–Crippen LogP) is 0.446. The third-order valence-corrected chi connectivity index (χ3v) is 1.85. The van der Waals surface area contributed by atoms with Gasteiger partial charge in [0.2, 0.25) is 0 Å². The quantitative estimate of drug-likeness (QED) is 0.478. The molecule has 4 nitrogen and oxygen atoms in total. The lowest BCUT2D eigenvalue weighted by molar-refractivity contribution is -0.0766. The fraction of sp³-hybridized carbons (Fsp3) is 0.500. The second kappa shape index (κ2) is 4.25. The first-order valence-electron chi connectivity index (χ1n) is 3.75. The molecule has 0 fully saturated rings. The van der Waals surface area contributed by atoms with E-state index in [-0.39, 0.29) is 0 Å². The summed E-state index contributed by atoms with van der Waals surface area (Å²) in [5.41, 5.74) is 0.776. The molecule has 0 amide bonds. The minimum atomic E-state index is -0.986. The van der Waals surface area contributed by atoms with Crippen molar-refractivity contribution in [3.63, 3.8) is 0 Å². The van der Waals surface area contributed by atoms with Crippen molar-refractivity contribution in [3.05, 3.63) is 23.5 Å². The largest absolute Gasteiger partial charge is 0.501 e. The maximum absolute atomic E-state index is 9.16. The average molecular weight is 171 g/mol. The van der Waals surface area contributed by atoms with Gasteiger partial charge < -0.3 is 9.84 Å². The van der Waals surface area contributed by atoms with Gasteiger partial charge in [-0.2, -0.15) is 0 Å². The molecule has 0 aliphatic heterocycles. The minimum Gasteiger partial charge on any atom is -0.501 e. The van der Waals surface area contributed by atoms with Crippen LogP contribution in [0.3, 0.4) is 0 Å². The fourth-order valence-electron chi connectivity index (χ4n) is 1.10. The third kappa shape index (κ3) is 2.07. The maximum atomic E-state index is 9.16. The molecular weight excluding hydrogens is 158 g/mol. The number of hydrogen-bond donors (Lipinski definition) is 2. The SMILES string of the molecule is COC1=CC=C(C(O)ON)CC1. The van der Waals surface area contributed by atoms with Crippen LogP contribution in [0.5, 0.6) is 0 Å². The molecule has 0 saturated carbocycles. The Morgan fingerprint density at radius 1 is 1.50 bits per heavy atom. The Morgan fingerprint density at radius 3 is 2.67 bits per heavy atom. The molecule has 1 rings (SSSR count). The van der Waals surface area contributed by atoms with Crippen LogP contribution in [-0.4, -0.2) is 18.5 Å². The van der Waals surface area contributed by atoms with Crippen molar-refractivity contribution in [1.82, 2.24) is 0 Å². The molecule has 0 spiro atoms. The summed E-state index contributed by atoms with van der Waals surface area (Å²) in [6.45, 7) is 0. The van der Waals surface area contributed by atoms with E-state index in [4.69, 9.17) is 15.7 Å². The van der Waals surface area contributed by atoms with Gasteiger partial charge in [0.1, 0.15) is 0 Å². The molecule has 1 aliphatic rings. The summed E-state index contributed by atoms with van der Waals surface area (Å²) in [4.78, 5) is 4.28. The fourth-order valence-corrected chi connectivity index (χ4v) is 1.10. The molecule has 3 N–H and O–H groups in total. The van der Waals surface area contributed by atoms with Crippen molar-refractivity contribution in [2.75, 3.05) is 7.11 Å². The zero-order valence-corrected chi connectivity index (χ0v) is 6.99. The standard InChI is InChI=1S/C8H13NO3/c1-11-7-4-2-6(3-5-7)8(10)12-9/h2,4,8,10H,3,5,9H2,1H3. The van der Waals surface area contributed by atoms with E-state index in [2.05, 4.69) is 4.84 Å². The highest BCUT2D eigenvalue weighted by molar-refractivity contribution is 5.22. The molecular formula is C8H13NO3. The van der Waals surface area contributed by atoms with Gasteiger partial charge in [-0.3, -0.25) is 4.84 Å². The maximum Gasteiger partial charge on any atom is 0.196 e. The van der Waals surface area contributed by atoms with Gasteiger partial charge in [-0.15, -0.1) is 0 Å². The van der Waals surface area contributed by atoms with E-state index in [1.165, 1.54) is 0 Å². The van der Waals surface area contributed by atoms with E-state index in [0.29, 0.717) is 0 Å². The van der Waals surface area contributed by atoms with Crippen LogP contribution in [0, 0.1) is 0 Å². The smallest absolute Gasteiger partial charge is 0.196 e. The van der Waals surface area contributed by atoms with Gasteiger partial charge in [-0.1, -0.05) is 6.08 Å². The lowest BCUT2D eigenvalue weighted by Crippen LogP contribution is -2.20. The van der Waals surface area contributed by atoms with Crippen LogP contribution < -0.4 is 5.90 Å². The summed E-state index contributed by atoms with van der Waals surface area (Å²) in [5, 5.41) is 9.16. The Morgan fingerprint density at radius 2 is 2.25 bits per heavy atom. The zero-order valence-electron chi connectivity index (χ0n) is 6.99. The van der Waals surface area contributed by atoms with E-state index in [0.717, 1.165) is 24.2 Å². The third-order valence-electron chi connectivity index (χ3n) is 1.85.